The van der Waals surface area contributed by atoms with Crippen molar-refractivity contribution in [2.45, 2.75) is 40.5 Å². The average Bonchev–Trinajstić information content (AvgIpc) is 2.16. The highest BCUT2D eigenvalue weighted by Gasteiger charge is 2.25. The third kappa shape index (κ3) is 5.20. The lowest BCUT2D eigenvalue weighted by molar-refractivity contribution is 0.185. The monoisotopic (exact) mass is 224 g/mol. The van der Waals surface area contributed by atoms with E-state index in [9.17, 15) is 0 Å². The minimum Gasteiger partial charge on any atom is -0.293 e. The second kappa shape index (κ2) is 8.53. The van der Waals surface area contributed by atoms with Crippen LogP contribution in [0.15, 0.2) is 0 Å². The number of unbranched alkanes of at least 4 members (excludes halogenated alkanes) is 1. The number of hydrogen-bond donors (Lipinski definition) is 0. The van der Waals surface area contributed by atoms with E-state index in [1.54, 1.807) is 0 Å². The van der Waals surface area contributed by atoms with Gasteiger partial charge in [0.05, 0.1) is 30.7 Å². The highest BCUT2D eigenvalue weighted by Crippen LogP contribution is 2.51. The maximum Gasteiger partial charge on any atom is 0.0887 e. The minimum absolute atomic E-state index is 0.652. The van der Waals surface area contributed by atoms with E-state index in [1.165, 1.54) is 0 Å². The van der Waals surface area contributed by atoms with E-state index >= 15 is 0 Å². The SMILES string of the molecule is CCCCS(OCC)(OCC)OCC. The zero-order valence-electron chi connectivity index (χ0n) is 9.88. The van der Waals surface area contributed by atoms with Crippen LogP contribution in [0.3, 0.4) is 0 Å². The van der Waals surface area contributed by atoms with Gasteiger partial charge in [0.25, 0.3) is 0 Å². The molecule has 0 atom stereocenters. The Morgan fingerprint density at radius 3 is 1.50 bits per heavy atom. The molecule has 0 unspecified atom stereocenters. The van der Waals surface area contributed by atoms with Gasteiger partial charge < -0.3 is 0 Å². The van der Waals surface area contributed by atoms with Crippen LogP contribution in [-0.2, 0) is 12.5 Å². The molecule has 0 aliphatic rings. The first kappa shape index (κ1) is 14.2. The van der Waals surface area contributed by atoms with Crippen molar-refractivity contribution in [1.82, 2.24) is 0 Å². The number of hydrogen-bond acceptors (Lipinski definition) is 3. The molecular weight excluding hydrogens is 200 g/mol. The second-order valence-corrected chi connectivity index (χ2v) is 5.07. The normalized spacial score (nSPS) is 13.1. The summed E-state index contributed by atoms with van der Waals surface area (Å²) >= 11 is 0. The minimum atomic E-state index is -1.71. The van der Waals surface area contributed by atoms with Crippen LogP contribution in [0.2, 0.25) is 0 Å². The summed E-state index contributed by atoms with van der Waals surface area (Å²) in [7, 11) is -1.71. The highest BCUT2D eigenvalue weighted by molar-refractivity contribution is 8.21. The smallest absolute Gasteiger partial charge is 0.0887 e. The van der Waals surface area contributed by atoms with Gasteiger partial charge in [-0.05, 0) is 27.2 Å². The summed E-state index contributed by atoms with van der Waals surface area (Å²) in [6.45, 7) is 10.0. The molecule has 0 N–H and O–H groups in total. The molecule has 0 radical (unpaired) electrons. The lowest BCUT2D eigenvalue weighted by Gasteiger charge is -2.36. The van der Waals surface area contributed by atoms with Gasteiger partial charge in [0.1, 0.15) is 0 Å². The van der Waals surface area contributed by atoms with Gasteiger partial charge in [0, 0.05) is 5.75 Å². The van der Waals surface area contributed by atoms with Gasteiger partial charge >= 0.3 is 0 Å². The van der Waals surface area contributed by atoms with Gasteiger partial charge in [-0.3, -0.25) is 12.5 Å². The summed E-state index contributed by atoms with van der Waals surface area (Å²) in [5.41, 5.74) is 0. The zero-order chi connectivity index (χ0) is 10.9. The Hall–Kier alpha value is 0.230. The van der Waals surface area contributed by atoms with Gasteiger partial charge in [-0.15, -0.1) is 0 Å². The summed E-state index contributed by atoms with van der Waals surface area (Å²) in [4.78, 5) is 0. The van der Waals surface area contributed by atoms with E-state index in [2.05, 4.69) is 6.92 Å². The predicted octanol–water partition coefficient (Wildman–Crippen LogP) is 3.45. The molecule has 4 heteroatoms. The Labute approximate surface area is 90.1 Å². The summed E-state index contributed by atoms with van der Waals surface area (Å²) in [6, 6.07) is 0. The van der Waals surface area contributed by atoms with Crippen LogP contribution in [0.4, 0.5) is 0 Å². The zero-order valence-corrected chi connectivity index (χ0v) is 10.7. The van der Waals surface area contributed by atoms with Crippen LogP contribution in [0.25, 0.3) is 0 Å². The van der Waals surface area contributed by atoms with Gasteiger partial charge in [-0.25, -0.2) is 0 Å². The van der Waals surface area contributed by atoms with Crippen molar-refractivity contribution in [3.8, 4) is 0 Å². The predicted molar refractivity (Wildman–Crippen MR) is 62.2 cm³/mol. The molecule has 0 bridgehead atoms. The Morgan fingerprint density at radius 2 is 1.21 bits per heavy atom. The van der Waals surface area contributed by atoms with E-state index < -0.39 is 10.9 Å². The van der Waals surface area contributed by atoms with Crippen molar-refractivity contribution in [3.05, 3.63) is 0 Å². The van der Waals surface area contributed by atoms with Gasteiger partial charge in [-0.2, -0.15) is 0 Å². The molecule has 0 aromatic rings. The second-order valence-electron chi connectivity index (χ2n) is 2.83. The molecule has 3 nitrogen and oxygen atoms in total. The van der Waals surface area contributed by atoms with Gasteiger partial charge in [-0.1, -0.05) is 13.3 Å². The summed E-state index contributed by atoms with van der Waals surface area (Å²) in [6.07, 6.45) is 2.23. The fraction of sp³-hybridized carbons (Fsp3) is 1.00. The fourth-order valence-electron chi connectivity index (χ4n) is 1.14. The first-order valence-electron chi connectivity index (χ1n) is 5.48. The molecule has 0 fully saturated rings. The van der Waals surface area contributed by atoms with Crippen LogP contribution in [0.5, 0.6) is 0 Å². The van der Waals surface area contributed by atoms with E-state index in [1.807, 2.05) is 20.8 Å². The van der Waals surface area contributed by atoms with Gasteiger partial charge in [0.2, 0.25) is 0 Å². The molecular formula is C10H24O3S. The van der Waals surface area contributed by atoms with Gasteiger partial charge in [0.15, 0.2) is 0 Å². The summed E-state index contributed by atoms with van der Waals surface area (Å²) in [5, 5.41) is 0. The van der Waals surface area contributed by atoms with Crippen LogP contribution in [0, 0.1) is 0 Å². The van der Waals surface area contributed by atoms with Crippen molar-refractivity contribution in [2.24, 2.45) is 0 Å². The lowest BCUT2D eigenvalue weighted by Crippen LogP contribution is -2.16. The third-order valence-corrected chi connectivity index (χ3v) is 4.21. The van der Waals surface area contributed by atoms with Crippen molar-refractivity contribution in [1.29, 1.82) is 0 Å². The van der Waals surface area contributed by atoms with E-state index in [-0.39, 0.29) is 0 Å². The quantitative estimate of drug-likeness (QED) is 0.600. The molecule has 0 saturated carbocycles. The van der Waals surface area contributed by atoms with Crippen molar-refractivity contribution in [3.63, 3.8) is 0 Å². The third-order valence-electron chi connectivity index (χ3n) is 1.64. The van der Waals surface area contributed by atoms with E-state index in [4.69, 9.17) is 12.5 Å². The molecule has 0 heterocycles. The van der Waals surface area contributed by atoms with Crippen LogP contribution >= 0.6 is 10.9 Å². The lowest BCUT2D eigenvalue weighted by atomic mass is 10.4. The molecule has 0 aliphatic heterocycles. The summed E-state index contributed by atoms with van der Waals surface area (Å²) < 4.78 is 17.0. The molecule has 0 rings (SSSR count). The maximum atomic E-state index is 5.65. The van der Waals surface area contributed by atoms with Crippen LogP contribution < -0.4 is 0 Å². The van der Waals surface area contributed by atoms with Crippen molar-refractivity contribution >= 4 is 10.9 Å². The van der Waals surface area contributed by atoms with E-state index in [0.717, 1.165) is 18.6 Å². The molecule has 0 aromatic carbocycles. The molecule has 0 aliphatic carbocycles. The number of rotatable bonds is 9. The Bertz CT molecular complexity index is 114. The summed E-state index contributed by atoms with van der Waals surface area (Å²) in [5.74, 6) is 0.888. The van der Waals surface area contributed by atoms with Crippen molar-refractivity contribution in [2.75, 3.05) is 25.6 Å². The fourth-order valence-corrected chi connectivity index (χ4v) is 3.42. The Kier molecular flexibility index (Phi) is 8.67. The first-order chi connectivity index (χ1) is 6.74. The molecule has 14 heavy (non-hydrogen) atoms. The molecule has 0 aromatic heterocycles. The van der Waals surface area contributed by atoms with Crippen molar-refractivity contribution < 1.29 is 12.5 Å². The molecule has 0 amide bonds. The maximum absolute atomic E-state index is 5.65. The average molecular weight is 224 g/mol. The van der Waals surface area contributed by atoms with Crippen LogP contribution in [0.1, 0.15) is 40.5 Å². The largest absolute Gasteiger partial charge is 0.293 e. The highest BCUT2D eigenvalue weighted by atomic mass is 32.3. The Balaban J connectivity index is 4.21. The van der Waals surface area contributed by atoms with Crippen LogP contribution in [-0.4, -0.2) is 25.6 Å². The molecule has 0 saturated heterocycles. The van der Waals surface area contributed by atoms with E-state index in [0.29, 0.717) is 19.8 Å². The Morgan fingerprint density at radius 1 is 0.786 bits per heavy atom. The molecule has 0 spiro atoms. The standard InChI is InChI=1S/C10H24O3S/c1-5-9-10-14(11-6-2,12-7-3)13-8-4/h5-10H2,1-4H3. The first-order valence-corrected chi connectivity index (χ1v) is 7.06. The molecule has 88 valence electrons. The topological polar surface area (TPSA) is 27.7 Å².